The molecule has 1 nitrogen and oxygen atoms in total. The van der Waals surface area contributed by atoms with E-state index in [2.05, 4.69) is 18.2 Å². The first-order valence-electron chi connectivity index (χ1n) is 8.44. The van der Waals surface area contributed by atoms with Gasteiger partial charge in [-0.3, -0.25) is 4.98 Å². The van der Waals surface area contributed by atoms with Crippen LogP contribution >= 0.6 is 11.6 Å². The number of nitrogens with zero attached hydrogens (tertiary/aromatic N) is 1. The molecule has 21 heavy (non-hydrogen) atoms. The summed E-state index contributed by atoms with van der Waals surface area (Å²) in [5.41, 5.74) is 5.14. The fourth-order valence-corrected chi connectivity index (χ4v) is 4.44. The quantitative estimate of drug-likeness (QED) is 0.647. The molecule has 4 rings (SSSR count). The Balaban J connectivity index is 1.80. The van der Waals surface area contributed by atoms with Crippen molar-refractivity contribution >= 4 is 22.5 Å². The van der Waals surface area contributed by atoms with Gasteiger partial charge in [-0.05, 0) is 61.6 Å². The first-order valence-corrected chi connectivity index (χ1v) is 8.81. The van der Waals surface area contributed by atoms with E-state index in [1.54, 1.807) is 0 Å². The second-order valence-corrected chi connectivity index (χ2v) is 7.05. The van der Waals surface area contributed by atoms with Crippen LogP contribution < -0.4 is 0 Å². The van der Waals surface area contributed by atoms with Crippen molar-refractivity contribution in [2.45, 2.75) is 63.7 Å². The van der Waals surface area contributed by atoms with Crippen LogP contribution in [-0.2, 0) is 12.8 Å². The Morgan fingerprint density at radius 1 is 0.952 bits per heavy atom. The molecule has 0 amide bonds. The molecule has 110 valence electrons. The molecule has 1 fully saturated rings. The highest BCUT2D eigenvalue weighted by molar-refractivity contribution is 6.36. The summed E-state index contributed by atoms with van der Waals surface area (Å²) in [6, 6.07) is 6.82. The number of aromatic nitrogens is 1. The van der Waals surface area contributed by atoms with E-state index < -0.39 is 0 Å². The van der Waals surface area contributed by atoms with Crippen LogP contribution in [0.4, 0.5) is 0 Å². The molecule has 0 saturated heterocycles. The number of rotatable bonds is 1. The van der Waals surface area contributed by atoms with Gasteiger partial charge in [0.05, 0.1) is 10.5 Å². The molecule has 1 aromatic heterocycles. The van der Waals surface area contributed by atoms with E-state index in [4.69, 9.17) is 16.6 Å². The van der Waals surface area contributed by atoms with Gasteiger partial charge in [-0.25, -0.2) is 0 Å². The average Bonchev–Trinajstić information content (AvgIpc) is 2.55. The Morgan fingerprint density at radius 3 is 2.62 bits per heavy atom. The molecule has 0 bridgehead atoms. The van der Waals surface area contributed by atoms with Gasteiger partial charge in [-0.1, -0.05) is 43.0 Å². The number of benzene rings is 1. The number of hydrogen-bond donors (Lipinski definition) is 0. The highest BCUT2D eigenvalue weighted by Crippen LogP contribution is 2.37. The first-order chi connectivity index (χ1) is 10.3. The third-order valence-corrected chi connectivity index (χ3v) is 5.73. The van der Waals surface area contributed by atoms with Gasteiger partial charge in [0.1, 0.15) is 0 Å². The van der Waals surface area contributed by atoms with Gasteiger partial charge < -0.3 is 0 Å². The van der Waals surface area contributed by atoms with E-state index in [-0.39, 0.29) is 0 Å². The molecule has 0 N–H and O–H groups in total. The average molecular weight is 300 g/mol. The monoisotopic (exact) mass is 299 g/mol. The zero-order chi connectivity index (χ0) is 14.2. The minimum Gasteiger partial charge on any atom is -0.252 e. The topological polar surface area (TPSA) is 12.9 Å². The molecule has 2 heteroatoms. The number of hydrogen-bond acceptors (Lipinski definition) is 1. The maximum absolute atomic E-state index is 6.66. The highest BCUT2D eigenvalue weighted by Gasteiger charge is 2.19. The van der Waals surface area contributed by atoms with Gasteiger partial charge in [0.25, 0.3) is 0 Å². The molecule has 0 aliphatic heterocycles. The standard InChI is InChI=1S/C19H22ClN/c20-19-15-8-4-5-9-17(15)21-18-12-14(10-11-16(18)19)13-6-2-1-3-7-13/h10-13H,1-9H2. The number of aryl methyl sites for hydroxylation is 1. The third kappa shape index (κ3) is 2.46. The molecule has 0 atom stereocenters. The van der Waals surface area contributed by atoms with Crippen LogP contribution in [0.25, 0.3) is 10.9 Å². The molecule has 1 heterocycles. The molecular formula is C19H22ClN. The van der Waals surface area contributed by atoms with E-state index >= 15 is 0 Å². The maximum Gasteiger partial charge on any atom is 0.0723 e. The second kappa shape index (κ2) is 5.61. The molecule has 1 saturated carbocycles. The predicted octanol–water partition coefficient (Wildman–Crippen LogP) is 5.81. The molecular weight excluding hydrogens is 278 g/mol. The molecule has 1 aromatic carbocycles. The maximum atomic E-state index is 6.66. The summed E-state index contributed by atoms with van der Waals surface area (Å²) < 4.78 is 0. The smallest absolute Gasteiger partial charge is 0.0723 e. The van der Waals surface area contributed by atoms with Gasteiger partial charge >= 0.3 is 0 Å². The third-order valence-electron chi connectivity index (χ3n) is 5.29. The summed E-state index contributed by atoms with van der Waals surface area (Å²) in [6.45, 7) is 0. The van der Waals surface area contributed by atoms with Crippen LogP contribution in [0.15, 0.2) is 18.2 Å². The van der Waals surface area contributed by atoms with Crippen molar-refractivity contribution in [1.29, 1.82) is 0 Å². The summed E-state index contributed by atoms with van der Waals surface area (Å²) in [6.07, 6.45) is 11.5. The molecule has 0 radical (unpaired) electrons. The minimum atomic E-state index is 0.736. The lowest BCUT2D eigenvalue weighted by atomic mass is 9.83. The van der Waals surface area contributed by atoms with Crippen molar-refractivity contribution in [2.24, 2.45) is 0 Å². The normalized spacial score (nSPS) is 19.7. The van der Waals surface area contributed by atoms with Crippen LogP contribution in [-0.4, -0.2) is 4.98 Å². The van der Waals surface area contributed by atoms with E-state index in [9.17, 15) is 0 Å². The molecule has 2 aliphatic carbocycles. The van der Waals surface area contributed by atoms with E-state index in [0.717, 1.165) is 34.7 Å². The molecule has 2 aromatic rings. The molecule has 2 aliphatic rings. The second-order valence-electron chi connectivity index (χ2n) is 6.67. The Bertz CT molecular complexity index is 671. The van der Waals surface area contributed by atoms with Crippen molar-refractivity contribution in [3.8, 4) is 0 Å². The first kappa shape index (κ1) is 13.6. The van der Waals surface area contributed by atoms with E-state index in [0.29, 0.717) is 0 Å². The van der Waals surface area contributed by atoms with Crippen LogP contribution in [0, 0.1) is 0 Å². The summed E-state index contributed by atoms with van der Waals surface area (Å²) in [4.78, 5) is 4.95. The number of halogens is 1. The Hall–Kier alpha value is -1.08. The zero-order valence-electron chi connectivity index (χ0n) is 12.5. The summed E-state index contributed by atoms with van der Waals surface area (Å²) in [5.74, 6) is 0.736. The number of pyridine rings is 1. The van der Waals surface area contributed by atoms with Gasteiger partial charge in [0.15, 0.2) is 0 Å². The lowest BCUT2D eigenvalue weighted by Gasteiger charge is -2.23. The Kier molecular flexibility index (Phi) is 3.62. The lowest BCUT2D eigenvalue weighted by Crippen LogP contribution is -2.08. The van der Waals surface area contributed by atoms with Crippen LogP contribution in [0.2, 0.25) is 5.02 Å². The van der Waals surface area contributed by atoms with Crippen molar-refractivity contribution in [3.63, 3.8) is 0 Å². The van der Waals surface area contributed by atoms with Crippen molar-refractivity contribution in [3.05, 3.63) is 40.0 Å². The minimum absolute atomic E-state index is 0.736. The van der Waals surface area contributed by atoms with E-state index in [1.165, 1.54) is 61.8 Å². The molecule has 0 spiro atoms. The van der Waals surface area contributed by atoms with Crippen LogP contribution in [0.1, 0.15) is 67.7 Å². The van der Waals surface area contributed by atoms with Gasteiger partial charge in [-0.2, -0.15) is 0 Å². The van der Waals surface area contributed by atoms with Gasteiger partial charge in [0, 0.05) is 11.1 Å². The Labute approximate surface area is 131 Å². The largest absolute Gasteiger partial charge is 0.252 e. The summed E-state index contributed by atoms with van der Waals surface area (Å²) in [5, 5.41) is 2.11. The lowest BCUT2D eigenvalue weighted by molar-refractivity contribution is 0.444. The van der Waals surface area contributed by atoms with Crippen molar-refractivity contribution < 1.29 is 0 Å². The fraction of sp³-hybridized carbons (Fsp3) is 0.526. The van der Waals surface area contributed by atoms with Gasteiger partial charge in [-0.15, -0.1) is 0 Å². The SMILES string of the molecule is Clc1c2c(nc3cc(C4CCCCC4)ccc13)CCCC2. The predicted molar refractivity (Wildman–Crippen MR) is 89.2 cm³/mol. The van der Waals surface area contributed by atoms with E-state index in [1.807, 2.05) is 0 Å². The molecule has 0 unspecified atom stereocenters. The van der Waals surface area contributed by atoms with Crippen molar-refractivity contribution in [2.75, 3.05) is 0 Å². The zero-order valence-corrected chi connectivity index (χ0v) is 13.3. The Morgan fingerprint density at radius 2 is 1.76 bits per heavy atom. The summed E-state index contributed by atoms with van der Waals surface area (Å²) >= 11 is 6.66. The van der Waals surface area contributed by atoms with Gasteiger partial charge in [0.2, 0.25) is 0 Å². The van der Waals surface area contributed by atoms with Crippen LogP contribution in [0.5, 0.6) is 0 Å². The van der Waals surface area contributed by atoms with Crippen LogP contribution in [0.3, 0.4) is 0 Å². The van der Waals surface area contributed by atoms with Crippen molar-refractivity contribution in [1.82, 2.24) is 4.98 Å². The summed E-state index contributed by atoms with van der Waals surface area (Å²) in [7, 11) is 0. The highest BCUT2D eigenvalue weighted by atomic mass is 35.5. The fourth-order valence-electron chi connectivity index (χ4n) is 4.07. The number of fused-ring (bicyclic) bond motifs is 2.